The smallest absolute Gasteiger partial charge is 0.348 e. The van der Waals surface area contributed by atoms with E-state index in [-0.39, 0.29) is 16.0 Å². The lowest BCUT2D eigenvalue weighted by atomic mass is 9.98. The van der Waals surface area contributed by atoms with Crippen molar-refractivity contribution in [2.75, 3.05) is 12.2 Å². The Kier molecular flexibility index (Phi) is 6.44. The number of anilines is 1. The monoisotopic (exact) mass is 425 g/mol. The number of aromatic carboxylic acids is 1. The van der Waals surface area contributed by atoms with E-state index >= 15 is 0 Å². The lowest BCUT2D eigenvalue weighted by Gasteiger charge is -2.20. The highest BCUT2D eigenvalue weighted by molar-refractivity contribution is 7.68. The molecular weight excluding hydrogens is 405 g/mol. The zero-order chi connectivity index (χ0) is 20.4. The first-order valence-corrected chi connectivity index (χ1v) is 10.9. The molecule has 0 spiro atoms. The Hall–Kier alpha value is -1.77. The second-order valence-corrected chi connectivity index (χ2v) is 10.6. The van der Waals surface area contributed by atoms with E-state index in [1.54, 1.807) is 31.2 Å². The molecule has 1 unspecified atom stereocenters. The first-order chi connectivity index (χ1) is 12.4. The van der Waals surface area contributed by atoms with Gasteiger partial charge in [-0.1, -0.05) is 23.4 Å². The molecule has 2 N–H and O–H groups in total. The number of aryl methyl sites for hydroxylation is 1. The Morgan fingerprint density at radius 2 is 2.00 bits per heavy atom. The number of carboxylic acid groups (broad SMARTS) is 1. The molecule has 0 fully saturated rings. The van der Waals surface area contributed by atoms with Crippen molar-refractivity contribution in [3.8, 4) is 11.8 Å². The minimum absolute atomic E-state index is 0.0251. The molecule has 2 aromatic rings. The highest BCUT2D eigenvalue weighted by Crippen LogP contribution is 2.47. The summed E-state index contributed by atoms with van der Waals surface area (Å²) in [6.07, 6.45) is 0. The van der Waals surface area contributed by atoms with Crippen molar-refractivity contribution < 1.29 is 19.0 Å². The van der Waals surface area contributed by atoms with Gasteiger partial charge in [-0.2, -0.15) is 0 Å². The third-order valence-electron chi connectivity index (χ3n) is 3.49. The third-order valence-corrected chi connectivity index (χ3v) is 6.95. The lowest BCUT2D eigenvalue weighted by Crippen LogP contribution is -2.16. The fourth-order valence-electron chi connectivity index (χ4n) is 2.26. The van der Waals surface area contributed by atoms with Gasteiger partial charge in [0.15, 0.2) is 0 Å². The number of halogens is 1. The molecule has 8 heteroatoms. The van der Waals surface area contributed by atoms with Gasteiger partial charge >= 0.3 is 13.5 Å². The van der Waals surface area contributed by atoms with Gasteiger partial charge in [-0.15, -0.1) is 11.3 Å². The largest absolute Gasteiger partial charge is 0.477 e. The van der Waals surface area contributed by atoms with E-state index in [0.717, 1.165) is 11.3 Å². The fraction of sp³-hybridized carbons (Fsp3) is 0.316. The van der Waals surface area contributed by atoms with Crippen molar-refractivity contribution in [3.05, 3.63) is 44.6 Å². The summed E-state index contributed by atoms with van der Waals surface area (Å²) in [6.45, 7) is 7.66. The molecule has 1 aromatic heterocycles. The average molecular weight is 426 g/mol. The summed E-state index contributed by atoms with van der Waals surface area (Å²) in [5.74, 6) is 4.92. The summed E-state index contributed by atoms with van der Waals surface area (Å²) in [5.41, 5.74) is 0.675. The maximum Gasteiger partial charge on any atom is 0.348 e. The van der Waals surface area contributed by atoms with Crippen molar-refractivity contribution in [1.29, 1.82) is 0 Å². The van der Waals surface area contributed by atoms with Gasteiger partial charge in [0.2, 0.25) is 0 Å². The molecule has 144 valence electrons. The number of benzene rings is 1. The van der Waals surface area contributed by atoms with E-state index in [0.29, 0.717) is 20.8 Å². The van der Waals surface area contributed by atoms with E-state index in [4.69, 9.17) is 16.1 Å². The van der Waals surface area contributed by atoms with Gasteiger partial charge in [0.05, 0.1) is 15.9 Å². The number of thiophene rings is 1. The summed E-state index contributed by atoms with van der Waals surface area (Å²) >= 11 is 7.00. The Morgan fingerprint density at radius 3 is 2.52 bits per heavy atom. The van der Waals surface area contributed by atoms with Crippen molar-refractivity contribution >= 4 is 47.4 Å². The van der Waals surface area contributed by atoms with E-state index in [1.165, 1.54) is 7.11 Å². The van der Waals surface area contributed by atoms with Crippen LogP contribution in [0, 0.1) is 24.2 Å². The first-order valence-electron chi connectivity index (χ1n) is 8.06. The highest BCUT2D eigenvalue weighted by atomic mass is 35.5. The van der Waals surface area contributed by atoms with Gasteiger partial charge in [0.25, 0.3) is 0 Å². The molecule has 0 aliphatic carbocycles. The SMILES string of the molecule is COP(=O)(Nc1cc(C#CC(C)(C)C)sc1C(=O)O)c1ccc(Cl)cc1C. The molecule has 27 heavy (non-hydrogen) atoms. The van der Waals surface area contributed by atoms with Crippen LogP contribution in [0.1, 0.15) is 40.9 Å². The lowest BCUT2D eigenvalue weighted by molar-refractivity contribution is 0.0703. The van der Waals surface area contributed by atoms with E-state index in [9.17, 15) is 14.5 Å². The Bertz CT molecular complexity index is 982. The van der Waals surface area contributed by atoms with Crippen LogP contribution in [0.15, 0.2) is 24.3 Å². The number of nitrogens with one attached hydrogen (secondary N) is 1. The Labute approximate surface area is 168 Å². The molecule has 0 amide bonds. The van der Waals surface area contributed by atoms with Crippen molar-refractivity contribution in [2.45, 2.75) is 27.7 Å². The molecule has 1 atom stereocenters. The molecule has 0 radical (unpaired) electrons. The maximum atomic E-state index is 13.4. The number of rotatable bonds is 5. The predicted molar refractivity (Wildman–Crippen MR) is 112 cm³/mol. The molecule has 0 saturated carbocycles. The van der Waals surface area contributed by atoms with Crippen LogP contribution in [-0.4, -0.2) is 18.2 Å². The Morgan fingerprint density at radius 1 is 1.33 bits per heavy atom. The maximum absolute atomic E-state index is 13.4. The number of carbonyl (C=O) groups is 1. The normalized spacial score (nSPS) is 13.4. The van der Waals surface area contributed by atoms with Gasteiger partial charge in [0.1, 0.15) is 4.88 Å². The van der Waals surface area contributed by atoms with Gasteiger partial charge in [-0.25, -0.2) is 4.79 Å². The average Bonchev–Trinajstić information content (AvgIpc) is 2.95. The van der Waals surface area contributed by atoms with Crippen LogP contribution >= 0.6 is 30.5 Å². The van der Waals surface area contributed by atoms with E-state index < -0.39 is 13.5 Å². The van der Waals surface area contributed by atoms with Crippen LogP contribution in [0.5, 0.6) is 0 Å². The first kappa shape index (κ1) is 21.5. The minimum atomic E-state index is -3.55. The fourth-order valence-corrected chi connectivity index (χ4v) is 5.07. The van der Waals surface area contributed by atoms with Crippen molar-refractivity contribution in [2.24, 2.45) is 5.41 Å². The highest BCUT2D eigenvalue weighted by Gasteiger charge is 2.29. The topological polar surface area (TPSA) is 75.6 Å². The van der Waals surface area contributed by atoms with Crippen LogP contribution in [-0.2, 0) is 9.09 Å². The zero-order valence-electron chi connectivity index (χ0n) is 15.7. The summed E-state index contributed by atoms with van der Waals surface area (Å²) in [6, 6.07) is 6.49. The van der Waals surface area contributed by atoms with Gasteiger partial charge < -0.3 is 14.7 Å². The second-order valence-electron chi connectivity index (χ2n) is 6.94. The van der Waals surface area contributed by atoms with Crippen LogP contribution < -0.4 is 10.4 Å². The molecule has 1 aromatic carbocycles. The summed E-state index contributed by atoms with van der Waals surface area (Å²) in [5, 5.41) is 13.3. The molecule has 5 nitrogen and oxygen atoms in total. The molecular formula is C19H21ClNO4PS. The quantitative estimate of drug-likeness (QED) is 0.496. The van der Waals surface area contributed by atoms with Gasteiger partial charge in [-0.3, -0.25) is 4.57 Å². The minimum Gasteiger partial charge on any atom is -0.477 e. The number of hydrogen-bond acceptors (Lipinski definition) is 4. The molecule has 0 bridgehead atoms. The van der Waals surface area contributed by atoms with Crippen LogP contribution in [0.25, 0.3) is 0 Å². The summed E-state index contributed by atoms with van der Waals surface area (Å²) < 4.78 is 18.7. The summed E-state index contributed by atoms with van der Waals surface area (Å²) in [4.78, 5) is 12.2. The number of hydrogen-bond donors (Lipinski definition) is 2. The Balaban J connectivity index is 2.49. The predicted octanol–water partition coefficient (Wildman–Crippen LogP) is 5.38. The molecule has 1 heterocycles. The number of carboxylic acids is 1. The molecule has 0 aliphatic rings. The van der Waals surface area contributed by atoms with E-state index in [2.05, 4.69) is 16.9 Å². The molecule has 0 saturated heterocycles. The van der Waals surface area contributed by atoms with Crippen LogP contribution in [0.2, 0.25) is 5.02 Å². The zero-order valence-corrected chi connectivity index (χ0v) is 18.2. The third kappa shape index (κ3) is 5.37. The van der Waals surface area contributed by atoms with Crippen LogP contribution in [0.3, 0.4) is 0 Å². The molecule has 0 aliphatic heterocycles. The standard InChI is InChI=1S/C19H21ClNO4PS/c1-12-10-13(20)6-7-16(12)26(24,25-5)21-15-11-14(8-9-19(2,3)4)27-17(15)18(22)23/h6-7,10-11H,1-5H3,(H,21,24)(H,22,23). The summed E-state index contributed by atoms with van der Waals surface area (Å²) in [7, 11) is -2.24. The van der Waals surface area contributed by atoms with Gasteiger partial charge in [-0.05, 0) is 57.5 Å². The second kappa shape index (κ2) is 8.08. The van der Waals surface area contributed by atoms with E-state index in [1.807, 2.05) is 20.8 Å². The molecule has 2 rings (SSSR count). The van der Waals surface area contributed by atoms with Gasteiger partial charge in [0, 0.05) is 17.5 Å². The van der Waals surface area contributed by atoms with Crippen molar-refractivity contribution in [1.82, 2.24) is 0 Å². The van der Waals surface area contributed by atoms with Crippen LogP contribution in [0.4, 0.5) is 5.69 Å². The van der Waals surface area contributed by atoms with Crippen molar-refractivity contribution in [3.63, 3.8) is 0 Å².